The largest absolute Gasteiger partial charge is 0.508 e. The SMILES string of the molecule is O=C(COC(=O)c1ccc(O)cc1O)NCc1cccc(Cl)c1. The maximum absolute atomic E-state index is 11.7. The zero-order valence-corrected chi connectivity index (χ0v) is 12.7. The second-order valence-electron chi connectivity index (χ2n) is 4.68. The molecule has 0 bridgehead atoms. The molecule has 3 N–H and O–H groups in total. The van der Waals surface area contributed by atoms with E-state index in [2.05, 4.69) is 5.32 Å². The van der Waals surface area contributed by atoms with E-state index in [1.54, 1.807) is 24.3 Å². The number of phenols is 2. The summed E-state index contributed by atoms with van der Waals surface area (Å²) in [5.74, 6) is -1.95. The van der Waals surface area contributed by atoms with Gasteiger partial charge in [-0.25, -0.2) is 4.79 Å². The molecule has 0 heterocycles. The number of nitrogens with one attached hydrogen (secondary N) is 1. The van der Waals surface area contributed by atoms with Gasteiger partial charge in [-0.3, -0.25) is 4.79 Å². The molecule has 1 amide bonds. The van der Waals surface area contributed by atoms with Crippen molar-refractivity contribution in [3.05, 3.63) is 58.6 Å². The Bertz CT molecular complexity index is 732. The fourth-order valence-corrected chi connectivity index (χ4v) is 2.01. The first kappa shape index (κ1) is 16.6. The average Bonchev–Trinajstić information content (AvgIpc) is 2.50. The second kappa shape index (κ2) is 7.51. The summed E-state index contributed by atoms with van der Waals surface area (Å²) in [4.78, 5) is 23.4. The van der Waals surface area contributed by atoms with Gasteiger partial charge in [-0.15, -0.1) is 0 Å². The number of ether oxygens (including phenoxy) is 1. The van der Waals surface area contributed by atoms with Crippen LogP contribution in [0.15, 0.2) is 42.5 Å². The molecule has 0 saturated heterocycles. The predicted molar refractivity (Wildman–Crippen MR) is 83.4 cm³/mol. The zero-order chi connectivity index (χ0) is 16.8. The molecule has 2 aromatic carbocycles. The Morgan fingerprint density at radius 2 is 1.91 bits per heavy atom. The van der Waals surface area contributed by atoms with Crippen molar-refractivity contribution in [3.8, 4) is 11.5 Å². The minimum atomic E-state index is -0.861. The quantitative estimate of drug-likeness (QED) is 0.728. The Morgan fingerprint density at radius 3 is 2.61 bits per heavy atom. The lowest BCUT2D eigenvalue weighted by atomic mass is 10.2. The van der Waals surface area contributed by atoms with Gasteiger partial charge >= 0.3 is 5.97 Å². The summed E-state index contributed by atoms with van der Waals surface area (Å²) in [7, 11) is 0. The Labute approximate surface area is 137 Å². The number of hydrogen-bond donors (Lipinski definition) is 3. The normalized spacial score (nSPS) is 10.1. The number of carbonyl (C=O) groups excluding carboxylic acids is 2. The van der Waals surface area contributed by atoms with Gasteiger partial charge in [-0.2, -0.15) is 0 Å². The highest BCUT2D eigenvalue weighted by Gasteiger charge is 2.14. The minimum Gasteiger partial charge on any atom is -0.508 e. The van der Waals surface area contributed by atoms with Crippen LogP contribution in [0.25, 0.3) is 0 Å². The van der Waals surface area contributed by atoms with Gasteiger partial charge in [-0.1, -0.05) is 23.7 Å². The van der Waals surface area contributed by atoms with Gasteiger partial charge in [-0.05, 0) is 29.8 Å². The molecule has 0 aromatic heterocycles. The van der Waals surface area contributed by atoms with Crippen molar-refractivity contribution in [3.63, 3.8) is 0 Å². The molecule has 0 aliphatic carbocycles. The average molecular weight is 336 g/mol. The number of phenolic OH excluding ortho intramolecular Hbond substituents is 2. The van der Waals surface area contributed by atoms with Crippen LogP contribution < -0.4 is 5.32 Å². The topological polar surface area (TPSA) is 95.9 Å². The molecule has 0 spiro atoms. The molecular formula is C16H14ClNO5. The van der Waals surface area contributed by atoms with Crippen molar-refractivity contribution in [2.24, 2.45) is 0 Å². The maximum atomic E-state index is 11.7. The number of amides is 1. The molecule has 0 saturated carbocycles. The van der Waals surface area contributed by atoms with Gasteiger partial charge < -0.3 is 20.3 Å². The van der Waals surface area contributed by atoms with Crippen LogP contribution in [0.1, 0.15) is 15.9 Å². The first-order chi connectivity index (χ1) is 11.0. The Balaban J connectivity index is 1.83. The van der Waals surface area contributed by atoms with Crippen molar-refractivity contribution >= 4 is 23.5 Å². The number of benzene rings is 2. The van der Waals surface area contributed by atoms with E-state index in [1.807, 2.05) is 0 Å². The van der Waals surface area contributed by atoms with Gasteiger partial charge in [0.15, 0.2) is 6.61 Å². The Kier molecular flexibility index (Phi) is 5.43. The molecule has 0 radical (unpaired) electrons. The molecule has 7 heteroatoms. The highest BCUT2D eigenvalue weighted by atomic mass is 35.5. The summed E-state index contributed by atoms with van der Waals surface area (Å²) in [6, 6.07) is 10.4. The molecule has 6 nitrogen and oxygen atoms in total. The molecule has 120 valence electrons. The lowest BCUT2D eigenvalue weighted by molar-refractivity contribution is -0.124. The second-order valence-corrected chi connectivity index (χ2v) is 5.12. The summed E-state index contributed by atoms with van der Waals surface area (Å²) >= 11 is 5.83. The number of esters is 1. The molecule has 0 fully saturated rings. The highest BCUT2D eigenvalue weighted by Crippen LogP contribution is 2.23. The molecule has 2 rings (SSSR count). The van der Waals surface area contributed by atoms with Crippen LogP contribution >= 0.6 is 11.6 Å². The van der Waals surface area contributed by atoms with Gasteiger partial charge in [0.25, 0.3) is 5.91 Å². The first-order valence-corrected chi connectivity index (χ1v) is 7.04. The molecule has 0 aliphatic heterocycles. The number of carbonyl (C=O) groups is 2. The first-order valence-electron chi connectivity index (χ1n) is 6.66. The fraction of sp³-hybridized carbons (Fsp3) is 0.125. The van der Waals surface area contributed by atoms with E-state index in [0.717, 1.165) is 11.6 Å². The summed E-state index contributed by atoms with van der Waals surface area (Å²) < 4.78 is 4.80. The van der Waals surface area contributed by atoms with E-state index in [0.29, 0.717) is 5.02 Å². The van der Waals surface area contributed by atoms with Gasteiger partial charge in [0.2, 0.25) is 0 Å². The van der Waals surface area contributed by atoms with E-state index in [9.17, 15) is 14.7 Å². The van der Waals surface area contributed by atoms with E-state index in [4.69, 9.17) is 21.4 Å². The minimum absolute atomic E-state index is 0.134. The third-order valence-electron chi connectivity index (χ3n) is 2.91. The molecule has 23 heavy (non-hydrogen) atoms. The van der Waals surface area contributed by atoms with E-state index in [-0.39, 0.29) is 17.9 Å². The fourth-order valence-electron chi connectivity index (χ4n) is 1.80. The summed E-state index contributed by atoms with van der Waals surface area (Å²) in [6.45, 7) is -0.235. The predicted octanol–water partition coefficient (Wildman–Crippen LogP) is 2.22. The molecular weight excluding hydrogens is 322 g/mol. The van der Waals surface area contributed by atoms with Crippen LogP contribution in [0.2, 0.25) is 5.02 Å². The third kappa shape index (κ3) is 4.89. The van der Waals surface area contributed by atoms with Gasteiger partial charge in [0, 0.05) is 17.6 Å². The summed E-state index contributed by atoms with van der Waals surface area (Å²) in [6.07, 6.45) is 0. The van der Waals surface area contributed by atoms with Gasteiger partial charge in [0.05, 0.1) is 0 Å². The van der Waals surface area contributed by atoms with Crippen LogP contribution in [0.4, 0.5) is 0 Å². The van der Waals surface area contributed by atoms with E-state index in [1.165, 1.54) is 12.1 Å². The van der Waals surface area contributed by atoms with Crippen LogP contribution in [-0.4, -0.2) is 28.7 Å². The van der Waals surface area contributed by atoms with Crippen molar-refractivity contribution in [2.75, 3.05) is 6.61 Å². The third-order valence-corrected chi connectivity index (χ3v) is 3.15. The van der Waals surface area contributed by atoms with Crippen LogP contribution in [0.5, 0.6) is 11.5 Å². The van der Waals surface area contributed by atoms with Crippen molar-refractivity contribution < 1.29 is 24.5 Å². The molecule has 0 atom stereocenters. The van der Waals surface area contributed by atoms with Crippen LogP contribution in [0, 0.1) is 0 Å². The maximum Gasteiger partial charge on any atom is 0.342 e. The summed E-state index contributed by atoms with van der Waals surface area (Å²) in [5, 5.41) is 21.8. The van der Waals surface area contributed by atoms with Crippen molar-refractivity contribution in [1.82, 2.24) is 5.32 Å². The van der Waals surface area contributed by atoms with E-state index < -0.39 is 24.2 Å². The number of aromatic hydroxyl groups is 2. The van der Waals surface area contributed by atoms with Crippen LogP contribution in [-0.2, 0) is 16.1 Å². The lowest BCUT2D eigenvalue weighted by Gasteiger charge is -2.08. The Hall–Kier alpha value is -2.73. The summed E-state index contributed by atoms with van der Waals surface area (Å²) in [5.41, 5.74) is 0.679. The smallest absolute Gasteiger partial charge is 0.342 e. The Morgan fingerprint density at radius 1 is 1.13 bits per heavy atom. The monoisotopic (exact) mass is 335 g/mol. The zero-order valence-electron chi connectivity index (χ0n) is 12.0. The van der Waals surface area contributed by atoms with Crippen molar-refractivity contribution in [1.29, 1.82) is 0 Å². The van der Waals surface area contributed by atoms with Crippen LogP contribution in [0.3, 0.4) is 0 Å². The lowest BCUT2D eigenvalue weighted by Crippen LogP contribution is -2.28. The molecule has 0 unspecified atom stereocenters. The molecule has 0 aliphatic rings. The number of halogens is 1. The number of hydrogen-bond acceptors (Lipinski definition) is 5. The standard InChI is InChI=1S/C16H14ClNO5/c17-11-3-1-2-10(6-11)8-18-15(21)9-23-16(22)13-5-4-12(19)7-14(13)20/h1-7,19-20H,8-9H2,(H,18,21). The van der Waals surface area contributed by atoms with Crippen molar-refractivity contribution in [2.45, 2.75) is 6.54 Å². The van der Waals surface area contributed by atoms with E-state index >= 15 is 0 Å². The number of rotatable bonds is 5. The highest BCUT2D eigenvalue weighted by molar-refractivity contribution is 6.30. The molecule has 2 aromatic rings. The van der Waals surface area contributed by atoms with Gasteiger partial charge in [0.1, 0.15) is 17.1 Å².